The van der Waals surface area contributed by atoms with Gasteiger partial charge in [0.05, 0.1) is 0 Å². The normalized spacial score (nSPS) is 20.3. The highest BCUT2D eigenvalue weighted by Gasteiger charge is 2.15. The standard InChI is InChI=1S/C7H16N2/c1-9(2)4-3-7-5-8-6-7/h7-8H,3-6H2,1-2H3. The van der Waals surface area contributed by atoms with Crippen LogP contribution < -0.4 is 5.32 Å². The van der Waals surface area contributed by atoms with E-state index in [0.717, 1.165) is 5.92 Å². The third-order valence-corrected chi connectivity index (χ3v) is 1.85. The molecule has 0 aliphatic carbocycles. The maximum Gasteiger partial charge on any atom is -0.000778 e. The minimum absolute atomic E-state index is 0.965. The van der Waals surface area contributed by atoms with E-state index in [2.05, 4.69) is 24.3 Å². The van der Waals surface area contributed by atoms with Crippen LogP contribution in [0.25, 0.3) is 0 Å². The molecule has 1 aliphatic rings. The van der Waals surface area contributed by atoms with E-state index in [1.54, 1.807) is 0 Å². The van der Waals surface area contributed by atoms with Crippen molar-refractivity contribution >= 4 is 0 Å². The number of hydrogen-bond donors (Lipinski definition) is 1. The summed E-state index contributed by atoms with van der Waals surface area (Å²) in [6.45, 7) is 3.73. The van der Waals surface area contributed by atoms with Crippen LogP contribution in [0, 0.1) is 5.92 Å². The Hall–Kier alpha value is -0.0800. The molecule has 1 fully saturated rings. The van der Waals surface area contributed by atoms with Gasteiger partial charge in [0.2, 0.25) is 0 Å². The highest BCUT2D eigenvalue weighted by atomic mass is 15.1. The first kappa shape index (κ1) is 7.03. The van der Waals surface area contributed by atoms with Crippen molar-refractivity contribution in [3.8, 4) is 0 Å². The second-order valence-electron chi connectivity index (χ2n) is 3.12. The zero-order chi connectivity index (χ0) is 6.69. The maximum absolute atomic E-state index is 3.27. The van der Waals surface area contributed by atoms with Crippen molar-refractivity contribution < 1.29 is 0 Å². The number of rotatable bonds is 3. The molecular formula is C7H16N2. The fraction of sp³-hybridized carbons (Fsp3) is 1.00. The molecule has 9 heavy (non-hydrogen) atoms. The quantitative estimate of drug-likeness (QED) is 0.582. The van der Waals surface area contributed by atoms with Crippen LogP contribution in [0.2, 0.25) is 0 Å². The van der Waals surface area contributed by atoms with Crippen molar-refractivity contribution in [3.05, 3.63) is 0 Å². The summed E-state index contributed by atoms with van der Waals surface area (Å²) in [6, 6.07) is 0. The largest absolute Gasteiger partial charge is 0.316 e. The van der Waals surface area contributed by atoms with Gasteiger partial charge in [0.1, 0.15) is 0 Å². The Labute approximate surface area is 57.2 Å². The van der Waals surface area contributed by atoms with Crippen molar-refractivity contribution in [2.24, 2.45) is 5.92 Å². The van der Waals surface area contributed by atoms with Crippen LogP contribution in [-0.4, -0.2) is 38.6 Å². The topological polar surface area (TPSA) is 15.3 Å². The van der Waals surface area contributed by atoms with Crippen molar-refractivity contribution in [2.45, 2.75) is 6.42 Å². The van der Waals surface area contributed by atoms with Crippen LogP contribution in [0.3, 0.4) is 0 Å². The Kier molecular flexibility index (Phi) is 2.49. The van der Waals surface area contributed by atoms with E-state index in [-0.39, 0.29) is 0 Å². The zero-order valence-corrected chi connectivity index (χ0v) is 6.35. The summed E-state index contributed by atoms with van der Waals surface area (Å²) in [5, 5.41) is 3.27. The lowest BCUT2D eigenvalue weighted by Crippen LogP contribution is -2.43. The van der Waals surface area contributed by atoms with Gasteiger partial charge in [-0.2, -0.15) is 0 Å². The molecule has 0 radical (unpaired) electrons. The van der Waals surface area contributed by atoms with Gasteiger partial charge < -0.3 is 10.2 Å². The molecule has 1 heterocycles. The summed E-state index contributed by atoms with van der Waals surface area (Å²) in [5.74, 6) is 0.965. The van der Waals surface area contributed by atoms with Gasteiger partial charge in [0, 0.05) is 0 Å². The molecule has 2 heteroatoms. The summed E-state index contributed by atoms with van der Waals surface area (Å²) in [5.41, 5.74) is 0. The molecule has 1 N–H and O–H groups in total. The average molecular weight is 128 g/mol. The zero-order valence-electron chi connectivity index (χ0n) is 6.35. The summed E-state index contributed by atoms with van der Waals surface area (Å²) < 4.78 is 0. The lowest BCUT2D eigenvalue weighted by atomic mass is 9.99. The van der Waals surface area contributed by atoms with Crippen molar-refractivity contribution in [1.82, 2.24) is 10.2 Å². The predicted octanol–water partition coefficient (Wildman–Crippen LogP) is 0.158. The van der Waals surface area contributed by atoms with Crippen LogP contribution in [0.1, 0.15) is 6.42 Å². The highest BCUT2D eigenvalue weighted by molar-refractivity contribution is 4.74. The predicted molar refractivity (Wildman–Crippen MR) is 39.5 cm³/mol. The Morgan fingerprint density at radius 1 is 1.44 bits per heavy atom. The monoisotopic (exact) mass is 128 g/mol. The van der Waals surface area contributed by atoms with Gasteiger partial charge in [0.15, 0.2) is 0 Å². The van der Waals surface area contributed by atoms with Gasteiger partial charge in [-0.25, -0.2) is 0 Å². The lowest BCUT2D eigenvalue weighted by Gasteiger charge is -2.27. The molecule has 0 aromatic heterocycles. The van der Waals surface area contributed by atoms with Crippen LogP contribution >= 0.6 is 0 Å². The Balaban J connectivity index is 1.91. The van der Waals surface area contributed by atoms with E-state index in [1.807, 2.05) is 0 Å². The van der Waals surface area contributed by atoms with Crippen LogP contribution in [0.15, 0.2) is 0 Å². The van der Waals surface area contributed by atoms with E-state index in [4.69, 9.17) is 0 Å². The van der Waals surface area contributed by atoms with Gasteiger partial charge in [-0.15, -0.1) is 0 Å². The van der Waals surface area contributed by atoms with E-state index in [0.29, 0.717) is 0 Å². The smallest absolute Gasteiger partial charge is 0.000778 e. The van der Waals surface area contributed by atoms with E-state index < -0.39 is 0 Å². The Morgan fingerprint density at radius 3 is 2.44 bits per heavy atom. The van der Waals surface area contributed by atoms with E-state index in [9.17, 15) is 0 Å². The summed E-state index contributed by atoms with van der Waals surface area (Å²) in [7, 11) is 4.26. The molecule has 1 aliphatic heterocycles. The van der Waals surface area contributed by atoms with Gasteiger partial charge >= 0.3 is 0 Å². The van der Waals surface area contributed by atoms with Gasteiger partial charge in [-0.05, 0) is 46.1 Å². The van der Waals surface area contributed by atoms with Crippen molar-refractivity contribution in [3.63, 3.8) is 0 Å². The third kappa shape index (κ3) is 2.33. The highest BCUT2D eigenvalue weighted by Crippen LogP contribution is 2.07. The molecule has 0 unspecified atom stereocenters. The second-order valence-corrected chi connectivity index (χ2v) is 3.12. The molecule has 0 atom stereocenters. The minimum atomic E-state index is 0.965. The molecule has 54 valence electrons. The number of nitrogens with zero attached hydrogens (tertiary/aromatic N) is 1. The van der Waals surface area contributed by atoms with Crippen LogP contribution in [-0.2, 0) is 0 Å². The van der Waals surface area contributed by atoms with Crippen molar-refractivity contribution in [1.29, 1.82) is 0 Å². The first-order chi connectivity index (χ1) is 4.29. The summed E-state index contributed by atoms with van der Waals surface area (Å²) >= 11 is 0. The first-order valence-corrected chi connectivity index (χ1v) is 3.64. The van der Waals surface area contributed by atoms with Gasteiger partial charge in [0.25, 0.3) is 0 Å². The Morgan fingerprint density at radius 2 is 2.11 bits per heavy atom. The van der Waals surface area contributed by atoms with Crippen LogP contribution in [0.4, 0.5) is 0 Å². The molecule has 1 saturated heterocycles. The fourth-order valence-electron chi connectivity index (χ4n) is 0.993. The SMILES string of the molecule is CN(C)CCC1CNC1. The van der Waals surface area contributed by atoms with E-state index in [1.165, 1.54) is 26.1 Å². The van der Waals surface area contributed by atoms with Crippen molar-refractivity contribution in [2.75, 3.05) is 33.7 Å². The third-order valence-electron chi connectivity index (χ3n) is 1.85. The average Bonchev–Trinajstić information content (AvgIpc) is 1.60. The number of hydrogen-bond acceptors (Lipinski definition) is 2. The second kappa shape index (κ2) is 3.18. The summed E-state index contributed by atoms with van der Waals surface area (Å²) in [4.78, 5) is 2.25. The first-order valence-electron chi connectivity index (χ1n) is 3.64. The molecule has 0 aromatic carbocycles. The molecule has 0 saturated carbocycles. The van der Waals surface area contributed by atoms with Gasteiger partial charge in [-0.1, -0.05) is 0 Å². The lowest BCUT2D eigenvalue weighted by molar-refractivity contribution is 0.281. The molecule has 0 aromatic rings. The molecule has 0 spiro atoms. The maximum atomic E-state index is 3.27. The van der Waals surface area contributed by atoms with Crippen LogP contribution in [0.5, 0.6) is 0 Å². The van der Waals surface area contributed by atoms with Gasteiger partial charge in [-0.3, -0.25) is 0 Å². The fourth-order valence-corrected chi connectivity index (χ4v) is 0.993. The number of nitrogens with one attached hydrogen (secondary N) is 1. The van der Waals surface area contributed by atoms with E-state index >= 15 is 0 Å². The molecule has 0 bridgehead atoms. The molecule has 1 rings (SSSR count). The molecular weight excluding hydrogens is 112 g/mol. The summed E-state index contributed by atoms with van der Waals surface area (Å²) in [6.07, 6.45) is 1.36. The Bertz CT molecular complexity index is 77.0. The molecule has 0 amide bonds. The minimum Gasteiger partial charge on any atom is -0.316 e. The molecule has 2 nitrogen and oxygen atoms in total.